The van der Waals surface area contributed by atoms with Crippen LogP contribution in [0.15, 0.2) is 76.1 Å². The Balaban J connectivity index is 1.71. The number of esters is 1. The van der Waals surface area contributed by atoms with Crippen molar-refractivity contribution in [2.75, 3.05) is 18.0 Å². The number of ether oxygens (including phenoxy) is 2. The summed E-state index contributed by atoms with van der Waals surface area (Å²) in [7, 11) is -2.44. The van der Waals surface area contributed by atoms with Crippen molar-refractivity contribution in [2.24, 2.45) is 0 Å². The van der Waals surface area contributed by atoms with Crippen LogP contribution in [-0.4, -0.2) is 28.0 Å². The lowest BCUT2D eigenvalue weighted by Gasteiger charge is -2.20. The molecule has 0 saturated heterocycles. The molecule has 8 heteroatoms. The maximum Gasteiger partial charge on any atom is 0.347 e. The van der Waals surface area contributed by atoms with Gasteiger partial charge in [0.05, 0.1) is 22.2 Å². The molecule has 6 nitrogen and oxygen atoms in total. The number of para-hydroxylation sites is 2. The summed E-state index contributed by atoms with van der Waals surface area (Å²) in [6, 6.07) is 18.5. The summed E-state index contributed by atoms with van der Waals surface area (Å²) in [5.41, 5.74) is 1.66. The molecule has 3 aromatic rings. The molecule has 0 spiro atoms. The van der Waals surface area contributed by atoms with Crippen molar-refractivity contribution in [3.63, 3.8) is 0 Å². The number of carbonyl (C=O) groups excluding carboxylic acids is 1. The number of carbonyl (C=O) groups is 1. The molecular weight excluding hydrogens is 470 g/mol. The van der Waals surface area contributed by atoms with E-state index in [0.29, 0.717) is 28.9 Å². The van der Waals surface area contributed by atoms with Gasteiger partial charge in [0, 0.05) is 6.54 Å². The zero-order valence-corrected chi connectivity index (χ0v) is 18.4. The van der Waals surface area contributed by atoms with Gasteiger partial charge in [0.2, 0.25) is 0 Å². The van der Waals surface area contributed by atoms with Gasteiger partial charge in [0.1, 0.15) is 17.1 Å². The molecule has 0 atom stereocenters. The fraction of sp³-hybridized carbons (Fsp3) is 0.136. The van der Waals surface area contributed by atoms with E-state index in [9.17, 15) is 13.2 Å². The Kier molecular flexibility index (Phi) is 5.53. The topological polar surface area (TPSA) is 72.9 Å². The van der Waals surface area contributed by atoms with Gasteiger partial charge in [-0.05, 0) is 64.3 Å². The maximum atomic E-state index is 13.3. The highest BCUT2D eigenvalue weighted by atomic mass is 79.9. The molecule has 0 N–H and O–H groups in total. The Bertz CT molecular complexity index is 1230. The van der Waals surface area contributed by atoms with E-state index in [4.69, 9.17) is 9.47 Å². The number of methoxy groups -OCH3 is 1. The fourth-order valence-corrected chi connectivity index (χ4v) is 5.27. The van der Waals surface area contributed by atoms with Crippen LogP contribution in [0, 0.1) is 0 Å². The summed E-state index contributed by atoms with van der Waals surface area (Å²) in [6.45, 7) is 0.352. The second-order valence-corrected chi connectivity index (χ2v) is 9.35. The number of nitrogens with zero attached hydrogens (tertiary/aromatic N) is 1. The molecule has 0 aliphatic carbocycles. The molecule has 1 aliphatic heterocycles. The van der Waals surface area contributed by atoms with Crippen molar-refractivity contribution in [1.82, 2.24) is 0 Å². The van der Waals surface area contributed by atoms with Gasteiger partial charge in [0.25, 0.3) is 10.0 Å². The molecule has 0 saturated carbocycles. The van der Waals surface area contributed by atoms with Crippen molar-refractivity contribution in [1.29, 1.82) is 0 Å². The second-order valence-electron chi connectivity index (χ2n) is 6.64. The van der Waals surface area contributed by atoms with Crippen molar-refractivity contribution < 1.29 is 22.7 Å². The smallest absolute Gasteiger partial charge is 0.347 e. The van der Waals surface area contributed by atoms with E-state index in [0.717, 1.165) is 5.56 Å². The number of anilines is 1. The highest BCUT2D eigenvalue weighted by molar-refractivity contribution is 9.10. The van der Waals surface area contributed by atoms with Gasteiger partial charge < -0.3 is 9.47 Å². The number of rotatable bonds is 5. The van der Waals surface area contributed by atoms with Crippen LogP contribution in [0.1, 0.15) is 15.9 Å². The average Bonchev–Trinajstić information content (AvgIpc) is 3.20. The van der Waals surface area contributed by atoms with E-state index in [1.807, 2.05) is 12.1 Å². The molecule has 0 aromatic heterocycles. The van der Waals surface area contributed by atoms with Crippen LogP contribution in [0.4, 0.5) is 5.69 Å². The fourth-order valence-electron chi connectivity index (χ4n) is 3.37. The van der Waals surface area contributed by atoms with E-state index >= 15 is 0 Å². The van der Waals surface area contributed by atoms with Gasteiger partial charge in [-0.15, -0.1) is 0 Å². The zero-order valence-electron chi connectivity index (χ0n) is 16.0. The summed E-state index contributed by atoms with van der Waals surface area (Å²) in [5, 5.41) is 0. The zero-order chi connectivity index (χ0) is 21.3. The minimum Gasteiger partial charge on any atom is -0.496 e. The number of halogens is 1. The first kappa shape index (κ1) is 20.4. The molecule has 0 bridgehead atoms. The highest BCUT2D eigenvalue weighted by Gasteiger charge is 2.32. The molecule has 30 heavy (non-hydrogen) atoms. The monoisotopic (exact) mass is 487 g/mol. The van der Waals surface area contributed by atoms with Gasteiger partial charge in [-0.1, -0.05) is 30.3 Å². The standard InChI is InChI=1S/C22H18BrNO5S/c1-28-20-11-10-16(14-17(20)22(25)29-21-9-5-3-7-18(21)23)30(26,27)24-13-12-15-6-2-4-8-19(15)24/h2-11,14H,12-13H2,1H3. The van der Waals surface area contributed by atoms with Gasteiger partial charge >= 0.3 is 5.97 Å². The quantitative estimate of drug-likeness (QED) is 0.393. The third-order valence-corrected chi connectivity index (χ3v) is 7.33. The Morgan fingerprint density at radius 2 is 1.73 bits per heavy atom. The Hall–Kier alpha value is -2.84. The summed E-state index contributed by atoms with van der Waals surface area (Å²) >= 11 is 3.33. The Morgan fingerprint density at radius 3 is 2.50 bits per heavy atom. The average molecular weight is 488 g/mol. The molecule has 3 aromatic carbocycles. The van der Waals surface area contributed by atoms with Crippen molar-refractivity contribution in [2.45, 2.75) is 11.3 Å². The maximum absolute atomic E-state index is 13.3. The largest absolute Gasteiger partial charge is 0.496 e. The Morgan fingerprint density at radius 1 is 1.00 bits per heavy atom. The molecule has 1 heterocycles. The van der Waals surface area contributed by atoms with E-state index in [1.54, 1.807) is 36.4 Å². The summed E-state index contributed by atoms with van der Waals surface area (Å²) in [5.74, 6) is -0.156. The van der Waals surface area contributed by atoms with E-state index in [-0.39, 0.29) is 16.2 Å². The van der Waals surface area contributed by atoms with Crippen LogP contribution in [-0.2, 0) is 16.4 Å². The molecule has 0 unspecified atom stereocenters. The lowest BCUT2D eigenvalue weighted by atomic mass is 10.2. The van der Waals surface area contributed by atoms with E-state index in [1.165, 1.54) is 29.6 Å². The normalized spacial score (nSPS) is 13.1. The van der Waals surface area contributed by atoms with Gasteiger partial charge in [-0.25, -0.2) is 13.2 Å². The van der Waals surface area contributed by atoms with Crippen LogP contribution in [0.5, 0.6) is 11.5 Å². The molecule has 154 valence electrons. The molecule has 1 aliphatic rings. The summed E-state index contributed by atoms with van der Waals surface area (Å²) < 4.78 is 39.3. The number of benzene rings is 3. The van der Waals surface area contributed by atoms with Crippen molar-refractivity contribution >= 4 is 37.6 Å². The van der Waals surface area contributed by atoms with Gasteiger partial charge in [-0.3, -0.25) is 4.31 Å². The SMILES string of the molecule is COc1ccc(S(=O)(=O)N2CCc3ccccc32)cc1C(=O)Oc1ccccc1Br. The van der Waals surface area contributed by atoms with Crippen LogP contribution in [0.2, 0.25) is 0 Å². The second kappa shape index (κ2) is 8.12. The van der Waals surface area contributed by atoms with Gasteiger partial charge in [0.15, 0.2) is 0 Å². The number of hydrogen-bond acceptors (Lipinski definition) is 5. The summed E-state index contributed by atoms with van der Waals surface area (Å²) in [6.07, 6.45) is 0.641. The van der Waals surface area contributed by atoms with Crippen LogP contribution in [0.3, 0.4) is 0 Å². The lowest BCUT2D eigenvalue weighted by Crippen LogP contribution is -2.29. The minimum atomic E-state index is -3.85. The molecule has 0 amide bonds. The lowest BCUT2D eigenvalue weighted by molar-refractivity contribution is 0.0730. The minimum absolute atomic E-state index is 0.000851. The molecular formula is C22H18BrNO5S. The van der Waals surface area contributed by atoms with E-state index in [2.05, 4.69) is 15.9 Å². The summed E-state index contributed by atoms with van der Waals surface area (Å²) in [4.78, 5) is 12.8. The van der Waals surface area contributed by atoms with Crippen LogP contribution in [0.25, 0.3) is 0 Å². The van der Waals surface area contributed by atoms with E-state index < -0.39 is 16.0 Å². The Labute approximate surface area is 183 Å². The van der Waals surface area contributed by atoms with Crippen molar-refractivity contribution in [3.05, 3.63) is 82.3 Å². The van der Waals surface area contributed by atoms with Crippen molar-refractivity contribution in [3.8, 4) is 11.5 Å². The molecule has 0 radical (unpaired) electrons. The first-order valence-corrected chi connectivity index (χ1v) is 11.4. The predicted octanol–water partition coefficient (Wildman–Crippen LogP) is 4.43. The first-order valence-electron chi connectivity index (χ1n) is 9.17. The van der Waals surface area contributed by atoms with Crippen LogP contribution >= 0.6 is 15.9 Å². The van der Waals surface area contributed by atoms with Crippen LogP contribution < -0.4 is 13.8 Å². The molecule has 4 rings (SSSR count). The number of sulfonamides is 1. The first-order chi connectivity index (χ1) is 14.4. The third-order valence-electron chi connectivity index (χ3n) is 4.86. The predicted molar refractivity (Wildman–Crippen MR) is 117 cm³/mol. The number of hydrogen-bond donors (Lipinski definition) is 0. The number of fused-ring (bicyclic) bond motifs is 1. The molecule has 0 fully saturated rings. The highest BCUT2D eigenvalue weighted by Crippen LogP contribution is 2.34. The third kappa shape index (κ3) is 3.68. The van der Waals surface area contributed by atoms with Gasteiger partial charge in [-0.2, -0.15) is 0 Å².